The van der Waals surface area contributed by atoms with Gasteiger partial charge >= 0.3 is 6.18 Å². The molecule has 2 rings (SSSR count). The third-order valence-corrected chi connectivity index (χ3v) is 4.53. The van der Waals surface area contributed by atoms with Crippen LogP contribution in [-0.2, 0) is 6.18 Å². The van der Waals surface area contributed by atoms with Gasteiger partial charge in [-0.05, 0) is 61.8 Å². The van der Waals surface area contributed by atoms with Crippen LogP contribution >= 0.6 is 0 Å². The Balaban J connectivity index is 1.91. The third-order valence-electron chi connectivity index (χ3n) is 4.53. The van der Waals surface area contributed by atoms with Gasteiger partial charge in [0.2, 0.25) is 0 Å². The van der Waals surface area contributed by atoms with E-state index in [1.165, 1.54) is 31.7 Å². The molecule has 0 heterocycles. The number of halogens is 4. The minimum absolute atomic E-state index is 0.247. The maximum absolute atomic E-state index is 13.4. The molecule has 1 aromatic carbocycles. The zero-order valence-corrected chi connectivity index (χ0v) is 13.8. The van der Waals surface area contributed by atoms with E-state index in [1.807, 2.05) is 0 Å². The summed E-state index contributed by atoms with van der Waals surface area (Å²) in [4.78, 5) is 0. The molecular weight excluding hydrogens is 316 g/mol. The minimum Gasteiger partial charge on any atom is -0.206 e. The highest BCUT2D eigenvalue weighted by atomic mass is 19.4. The Morgan fingerprint density at radius 2 is 1.88 bits per heavy atom. The zero-order valence-electron chi connectivity index (χ0n) is 13.8. The second kappa shape index (κ2) is 8.37. The average Bonchev–Trinajstić information content (AvgIpc) is 2.52. The highest BCUT2D eigenvalue weighted by molar-refractivity contribution is 5.39. The molecule has 1 saturated carbocycles. The van der Waals surface area contributed by atoms with Gasteiger partial charge in [-0.2, -0.15) is 13.2 Å². The summed E-state index contributed by atoms with van der Waals surface area (Å²) in [7, 11) is 0. The van der Waals surface area contributed by atoms with Gasteiger partial charge in [0.25, 0.3) is 0 Å². The summed E-state index contributed by atoms with van der Waals surface area (Å²) in [6.45, 7) is 2.21. The van der Waals surface area contributed by atoms with E-state index in [9.17, 15) is 17.6 Å². The van der Waals surface area contributed by atoms with Crippen molar-refractivity contribution >= 4 is 0 Å². The van der Waals surface area contributed by atoms with Crippen LogP contribution in [-0.4, -0.2) is 0 Å². The Morgan fingerprint density at radius 1 is 1.17 bits per heavy atom. The zero-order chi connectivity index (χ0) is 17.6. The lowest BCUT2D eigenvalue weighted by Gasteiger charge is -2.26. The lowest BCUT2D eigenvalue weighted by molar-refractivity contribution is -0.140. The van der Waals surface area contributed by atoms with Crippen LogP contribution in [0, 0.1) is 29.5 Å². The van der Waals surface area contributed by atoms with Gasteiger partial charge in [0.15, 0.2) is 0 Å². The molecule has 4 heteroatoms. The van der Waals surface area contributed by atoms with Crippen LogP contribution in [0.15, 0.2) is 30.4 Å². The van der Waals surface area contributed by atoms with Crippen molar-refractivity contribution < 1.29 is 17.6 Å². The Hall–Kier alpha value is -1.76. The van der Waals surface area contributed by atoms with Crippen molar-refractivity contribution in [1.29, 1.82) is 0 Å². The van der Waals surface area contributed by atoms with E-state index in [-0.39, 0.29) is 5.56 Å². The van der Waals surface area contributed by atoms with Gasteiger partial charge in [0.1, 0.15) is 5.82 Å². The first-order valence-corrected chi connectivity index (χ1v) is 8.45. The SMILES string of the molecule is CCCC1CCC(C=CC#Cc2ccc(C(F)(F)F)c(F)c2)CC1. The normalized spacial score (nSPS) is 21.5. The highest BCUT2D eigenvalue weighted by Gasteiger charge is 2.33. The van der Waals surface area contributed by atoms with Crippen molar-refractivity contribution in [3.63, 3.8) is 0 Å². The van der Waals surface area contributed by atoms with Crippen LogP contribution in [0.1, 0.15) is 56.6 Å². The first-order chi connectivity index (χ1) is 11.4. The van der Waals surface area contributed by atoms with Gasteiger partial charge in [-0.25, -0.2) is 4.39 Å². The number of hydrogen-bond donors (Lipinski definition) is 0. The Kier molecular flexibility index (Phi) is 6.48. The van der Waals surface area contributed by atoms with Gasteiger partial charge in [0.05, 0.1) is 5.56 Å². The predicted molar refractivity (Wildman–Crippen MR) is 87.8 cm³/mol. The largest absolute Gasteiger partial charge is 0.419 e. The summed E-state index contributed by atoms with van der Waals surface area (Å²) in [5.41, 5.74) is -1.01. The number of alkyl halides is 3. The van der Waals surface area contributed by atoms with Crippen molar-refractivity contribution in [3.8, 4) is 11.8 Å². The molecule has 0 amide bonds. The number of rotatable bonds is 3. The van der Waals surface area contributed by atoms with Crippen molar-refractivity contribution in [2.75, 3.05) is 0 Å². The van der Waals surface area contributed by atoms with Gasteiger partial charge in [-0.15, -0.1) is 0 Å². The Labute approximate surface area is 141 Å². The monoisotopic (exact) mass is 338 g/mol. The van der Waals surface area contributed by atoms with Crippen LogP contribution < -0.4 is 0 Å². The van der Waals surface area contributed by atoms with Gasteiger partial charge in [-0.3, -0.25) is 0 Å². The molecule has 24 heavy (non-hydrogen) atoms. The highest BCUT2D eigenvalue weighted by Crippen LogP contribution is 2.32. The van der Waals surface area contributed by atoms with E-state index in [0.717, 1.165) is 30.9 Å². The molecule has 0 bridgehead atoms. The first kappa shape index (κ1) is 18.6. The molecule has 130 valence electrons. The van der Waals surface area contributed by atoms with Crippen LogP contribution in [0.3, 0.4) is 0 Å². The van der Waals surface area contributed by atoms with Crippen LogP contribution in [0.2, 0.25) is 0 Å². The van der Waals surface area contributed by atoms with Gasteiger partial charge < -0.3 is 0 Å². The van der Waals surface area contributed by atoms with Crippen LogP contribution in [0.5, 0.6) is 0 Å². The molecule has 0 unspecified atom stereocenters. The average molecular weight is 338 g/mol. The van der Waals surface area contributed by atoms with E-state index in [0.29, 0.717) is 5.92 Å². The number of allylic oxidation sites excluding steroid dienone is 2. The smallest absolute Gasteiger partial charge is 0.206 e. The number of hydrogen-bond acceptors (Lipinski definition) is 0. The van der Waals surface area contributed by atoms with Crippen molar-refractivity contribution in [2.45, 2.75) is 51.6 Å². The van der Waals surface area contributed by atoms with Crippen molar-refractivity contribution in [3.05, 3.63) is 47.3 Å². The molecule has 0 spiro atoms. The quantitative estimate of drug-likeness (QED) is 0.444. The van der Waals surface area contributed by atoms with Crippen molar-refractivity contribution in [1.82, 2.24) is 0 Å². The summed E-state index contributed by atoms with van der Waals surface area (Å²) in [5.74, 6) is 5.57. The van der Waals surface area contributed by atoms with Gasteiger partial charge in [-0.1, -0.05) is 37.7 Å². The van der Waals surface area contributed by atoms with Crippen LogP contribution in [0.4, 0.5) is 17.6 Å². The fraction of sp³-hybridized carbons (Fsp3) is 0.500. The first-order valence-electron chi connectivity index (χ1n) is 8.45. The van der Waals surface area contributed by atoms with E-state index < -0.39 is 17.6 Å². The summed E-state index contributed by atoms with van der Waals surface area (Å²) >= 11 is 0. The lowest BCUT2D eigenvalue weighted by atomic mass is 9.80. The topological polar surface area (TPSA) is 0 Å². The fourth-order valence-electron chi connectivity index (χ4n) is 3.21. The molecule has 1 aliphatic carbocycles. The summed E-state index contributed by atoms with van der Waals surface area (Å²) in [5, 5.41) is 0. The molecule has 1 aromatic rings. The summed E-state index contributed by atoms with van der Waals surface area (Å²) in [6, 6.07) is 2.76. The summed E-state index contributed by atoms with van der Waals surface area (Å²) in [6.07, 6.45) is 6.49. The molecule has 0 aliphatic heterocycles. The molecule has 0 nitrogen and oxygen atoms in total. The van der Waals surface area contributed by atoms with E-state index in [2.05, 4.69) is 24.8 Å². The maximum atomic E-state index is 13.4. The predicted octanol–water partition coefficient (Wildman–Crippen LogP) is 6.36. The maximum Gasteiger partial charge on any atom is 0.419 e. The molecule has 0 atom stereocenters. The van der Waals surface area contributed by atoms with E-state index in [4.69, 9.17) is 0 Å². The Bertz CT molecular complexity index is 623. The number of benzene rings is 1. The van der Waals surface area contributed by atoms with E-state index >= 15 is 0 Å². The minimum atomic E-state index is -4.67. The van der Waals surface area contributed by atoms with Crippen molar-refractivity contribution in [2.24, 2.45) is 11.8 Å². The molecular formula is C20H22F4. The molecule has 1 aliphatic rings. The molecule has 0 N–H and O–H groups in total. The van der Waals surface area contributed by atoms with Gasteiger partial charge in [0, 0.05) is 5.56 Å². The molecule has 0 aromatic heterocycles. The standard InChI is InChI=1S/C20H22F4/c1-2-5-15-8-10-16(11-9-15)6-3-4-7-17-12-13-18(19(21)14-17)20(22,23)24/h3,6,12-16H,2,5,8-11H2,1H3. The molecule has 0 saturated heterocycles. The Morgan fingerprint density at radius 3 is 2.46 bits per heavy atom. The third kappa shape index (κ3) is 5.40. The fourth-order valence-corrected chi connectivity index (χ4v) is 3.21. The lowest BCUT2D eigenvalue weighted by Crippen LogP contribution is -2.12. The molecule has 0 radical (unpaired) electrons. The molecule has 1 fully saturated rings. The second-order valence-electron chi connectivity index (χ2n) is 6.39. The second-order valence-corrected chi connectivity index (χ2v) is 6.39. The van der Waals surface area contributed by atoms with E-state index in [1.54, 1.807) is 6.08 Å². The van der Waals surface area contributed by atoms with Crippen LogP contribution in [0.25, 0.3) is 0 Å². The summed E-state index contributed by atoms with van der Waals surface area (Å²) < 4.78 is 50.9.